The third-order valence-corrected chi connectivity index (χ3v) is 3.81. The highest BCUT2D eigenvalue weighted by Gasteiger charge is 2.30. The van der Waals surface area contributed by atoms with E-state index in [0.29, 0.717) is 18.7 Å². The van der Waals surface area contributed by atoms with Crippen LogP contribution in [-0.4, -0.2) is 24.0 Å². The predicted molar refractivity (Wildman–Crippen MR) is 78.3 cm³/mol. The first-order valence-electron chi connectivity index (χ1n) is 6.35. The van der Waals surface area contributed by atoms with E-state index >= 15 is 0 Å². The summed E-state index contributed by atoms with van der Waals surface area (Å²) in [6.07, 6.45) is -4.30. The molecule has 0 aliphatic heterocycles. The summed E-state index contributed by atoms with van der Waals surface area (Å²) in [7, 11) is 3.66. The summed E-state index contributed by atoms with van der Waals surface area (Å²) in [5.41, 5.74) is 0.926. The Balaban J connectivity index is 2.00. The Morgan fingerprint density at radius 1 is 1.29 bits per heavy atom. The maximum absolute atomic E-state index is 12.7. The summed E-state index contributed by atoms with van der Waals surface area (Å²) in [6.45, 7) is 1.03. The summed E-state index contributed by atoms with van der Waals surface area (Å²) in [6, 6.07) is 5.42. The molecule has 0 spiro atoms. The maximum atomic E-state index is 12.7. The van der Waals surface area contributed by atoms with E-state index in [9.17, 15) is 13.2 Å². The molecule has 0 saturated heterocycles. The van der Waals surface area contributed by atoms with Crippen molar-refractivity contribution in [3.8, 4) is 0 Å². The van der Waals surface area contributed by atoms with Crippen molar-refractivity contribution in [2.24, 2.45) is 0 Å². The Morgan fingerprint density at radius 2 is 2.05 bits per heavy atom. The number of anilines is 1. The molecule has 2 aromatic rings. The Kier molecular flexibility index (Phi) is 4.84. The van der Waals surface area contributed by atoms with Gasteiger partial charge in [0.2, 0.25) is 0 Å². The topological polar surface area (TPSA) is 28.2 Å². The second-order valence-corrected chi connectivity index (χ2v) is 5.62. The highest BCUT2D eigenvalue weighted by atomic mass is 32.1. The molecule has 114 valence electrons. The number of thiazole rings is 1. The number of nitrogens with one attached hydrogen (secondary N) is 1. The highest BCUT2D eigenvalue weighted by molar-refractivity contribution is 7.13. The van der Waals surface area contributed by atoms with Gasteiger partial charge in [-0.1, -0.05) is 18.2 Å². The first-order chi connectivity index (χ1) is 9.88. The molecule has 2 rings (SSSR count). The third kappa shape index (κ3) is 4.44. The lowest BCUT2D eigenvalue weighted by molar-refractivity contribution is -0.137. The van der Waals surface area contributed by atoms with E-state index < -0.39 is 11.7 Å². The van der Waals surface area contributed by atoms with Gasteiger partial charge in [-0.25, -0.2) is 4.98 Å². The van der Waals surface area contributed by atoms with Crippen LogP contribution in [0.3, 0.4) is 0 Å². The molecule has 0 bridgehead atoms. The minimum atomic E-state index is -4.30. The summed E-state index contributed by atoms with van der Waals surface area (Å²) < 4.78 is 38.0. The molecular formula is C14H16F3N3S. The van der Waals surface area contributed by atoms with Crippen molar-refractivity contribution in [2.75, 3.05) is 19.4 Å². The van der Waals surface area contributed by atoms with Crippen molar-refractivity contribution in [1.29, 1.82) is 0 Å². The van der Waals surface area contributed by atoms with Crippen LogP contribution in [0.4, 0.5) is 18.3 Å². The summed E-state index contributed by atoms with van der Waals surface area (Å²) in [5, 5.41) is 5.73. The van der Waals surface area contributed by atoms with Gasteiger partial charge in [0.15, 0.2) is 5.13 Å². The largest absolute Gasteiger partial charge is 0.416 e. The van der Waals surface area contributed by atoms with Gasteiger partial charge in [0.25, 0.3) is 0 Å². The smallest absolute Gasteiger partial charge is 0.365 e. The predicted octanol–water partition coefficient (Wildman–Crippen LogP) is 3.84. The SMILES string of the molecule is CNc1nc(CN(C)Cc2cccc(C(F)(F)F)c2)cs1. The van der Waals surface area contributed by atoms with E-state index in [2.05, 4.69) is 10.3 Å². The molecular weight excluding hydrogens is 299 g/mol. The van der Waals surface area contributed by atoms with E-state index in [1.165, 1.54) is 23.5 Å². The molecule has 7 heteroatoms. The molecule has 1 aromatic heterocycles. The van der Waals surface area contributed by atoms with Crippen molar-refractivity contribution in [1.82, 2.24) is 9.88 Å². The highest BCUT2D eigenvalue weighted by Crippen LogP contribution is 2.29. The summed E-state index contributed by atoms with van der Waals surface area (Å²) >= 11 is 1.51. The summed E-state index contributed by atoms with van der Waals surface area (Å²) in [5.74, 6) is 0. The number of benzene rings is 1. The average molecular weight is 315 g/mol. The van der Waals surface area contributed by atoms with Crippen molar-refractivity contribution in [3.05, 3.63) is 46.5 Å². The van der Waals surface area contributed by atoms with Gasteiger partial charge < -0.3 is 5.32 Å². The number of hydrogen-bond acceptors (Lipinski definition) is 4. The normalized spacial score (nSPS) is 11.9. The molecule has 0 fully saturated rings. The average Bonchev–Trinajstić information content (AvgIpc) is 2.85. The van der Waals surface area contributed by atoms with E-state index in [1.54, 1.807) is 13.1 Å². The van der Waals surface area contributed by atoms with Gasteiger partial charge in [-0.15, -0.1) is 11.3 Å². The number of nitrogens with zero attached hydrogens (tertiary/aromatic N) is 2. The van der Waals surface area contributed by atoms with Gasteiger partial charge in [0.05, 0.1) is 11.3 Å². The number of hydrogen-bond donors (Lipinski definition) is 1. The molecule has 0 amide bonds. The molecule has 0 aliphatic rings. The zero-order chi connectivity index (χ0) is 15.5. The maximum Gasteiger partial charge on any atom is 0.416 e. The van der Waals surface area contributed by atoms with Crippen molar-refractivity contribution in [2.45, 2.75) is 19.3 Å². The van der Waals surface area contributed by atoms with Gasteiger partial charge in [0, 0.05) is 25.5 Å². The minimum Gasteiger partial charge on any atom is -0.365 e. The van der Waals surface area contributed by atoms with Crippen LogP contribution < -0.4 is 5.32 Å². The van der Waals surface area contributed by atoms with Gasteiger partial charge >= 0.3 is 6.18 Å². The second kappa shape index (κ2) is 6.44. The van der Waals surface area contributed by atoms with Crippen LogP contribution >= 0.6 is 11.3 Å². The van der Waals surface area contributed by atoms with Gasteiger partial charge in [-0.3, -0.25) is 4.90 Å². The first-order valence-corrected chi connectivity index (χ1v) is 7.23. The van der Waals surface area contributed by atoms with Crippen LogP contribution in [0.15, 0.2) is 29.6 Å². The number of halogens is 3. The Labute approximate surface area is 125 Å². The lowest BCUT2D eigenvalue weighted by atomic mass is 10.1. The van der Waals surface area contributed by atoms with E-state index in [-0.39, 0.29) is 0 Å². The molecule has 0 radical (unpaired) electrons. The Hall–Kier alpha value is -1.60. The zero-order valence-corrected chi connectivity index (χ0v) is 12.6. The minimum absolute atomic E-state index is 0.441. The molecule has 1 N–H and O–H groups in total. The fourth-order valence-corrected chi connectivity index (χ4v) is 2.65. The molecule has 0 aliphatic carbocycles. The zero-order valence-electron chi connectivity index (χ0n) is 11.7. The van der Waals surface area contributed by atoms with E-state index in [1.807, 2.05) is 17.3 Å². The molecule has 0 unspecified atom stereocenters. The molecule has 1 heterocycles. The number of aromatic nitrogens is 1. The molecule has 0 saturated carbocycles. The number of alkyl halides is 3. The van der Waals surface area contributed by atoms with Crippen molar-refractivity contribution < 1.29 is 13.2 Å². The van der Waals surface area contributed by atoms with E-state index in [0.717, 1.165) is 16.9 Å². The fraction of sp³-hybridized carbons (Fsp3) is 0.357. The number of rotatable bonds is 5. The van der Waals surface area contributed by atoms with Crippen LogP contribution in [0.25, 0.3) is 0 Å². The van der Waals surface area contributed by atoms with Crippen LogP contribution in [0.2, 0.25) is 0 Å². The first kappa shape index (κ1) is 15.8. The van der Waals surface area contributed by atoms with Crippen LogP contribution in [0.1, 0.15) is 16.8 Å². The fourth-order valence-electron chi connectivity index (χ4n) is 1.98. The van der Waals surface area contributed by atoms with E-state index in [4.69, 9.17) is 0 Å². The lowest BCUT2D eigenvalue weighted by Gasteiger charge is -2.16. The Morgan fingerprint density at radius 3 is 2.67 bits per heavy atom. The van der Waals surface area contributed by atoms with Gasteiger partial charge in [-0.05, 0) is 18.7 Å². The van der Waals surface area contributed by atoms with Crippen LogP contribution in [0, 0.1) is 0 Å². The monoisotopic (exact) mass is 315 g/mol. The molecule has 0 atom stereocenters. The van der Waals surface area contributed by atoms with Gasteiger partial charge in [-0.2, -0.15) is 13.2 Å². The summed E-state index contributed by atoms with van der Waals surface area (Å²) in [4.78, 5) is 6.29. The second-order valence-electron chi connectivity index (χ2n) is 4.76. The quantitative estimate of drug-likeness (QED) is 0.909. The van der Waals surface area contributed by atoms with Gasteiger partial charge in [0.1, 0.15) is 0 Å². The third-order valence-electron chi connectivity index (χ3n) is 2.90. The molecule has 1 aromatic carbocycles. The van der Waals surface area contributed by atoms with Crippen LogP contribution in [-0.2, 0) is 19.3 Å². The lowest BCUT2D eigenvalue weighted by Crippen LogP contribution is -2.18. The molecule has 3 nitrogen and oxygen atoms in total. The Bertz CT molecular complexity index is 595. The standard InChI is InChI=1S/C14H16F3N3S/c1-18-13-19-12(9-21-13)8-20(2)7-10-4-3-5-11(6-10)14(15,16)17/h3-6,9H,7-8H2,1-2H3,(H,18,19). The molecule has 21 heavy (non-hydrogen) atoms. The van der Waals surface area contributed by atoms with Crippen molar-refractivity contribution in [3.63, 3.8) is 0 Å². The van der Waals surface area contributed by atoms with Crippen molar-refractivity contribution >= 4 is 16.5 Å². The van der Waals surface area contributed by atoms with Crippen LogP contribution in [0.5, 0.6) is 0 Å².